The normalized spacial score (nSPS) is 10.9. The fourth-order valence-electron chi connectivity index (χ4n) is 3.11. The number of carbonyl (C=O) groups is 1. The summed E-state index contributed by atoms with van der Waals surface area (Å²) in [5.74, 6) is 0.591. The van der Waals surface area contributed by atoms with Crippen LogP contribution in [0.5, 0.6) is 0 Å². The maximum atomic E-state index is 11.7. The second-order valence-corrected chi connectivity index (χ2v) is 6.20. The summed E-state index contributed by atoms with van der Waals surface area (Å²) < 4.78 is 1.86. The third-order valence-electron chi connectivity index (χ3n) is 4.36. The molecular formula is C20H18N6O. The van der Waals surface area contributed by atoms with E-state index in [4.69, 9.17) is 5.73 Å². The van der Waals surface area contributed by atoms with Crippen LogP contribution >= 0.6 is 0 Å². The molecule has 4 aromatic rings. The van der Waals surface area contributed by atoms with Gasteiger partial charge in [-0.05, 0) is 30.7 Å². The van der Waals surface area contributed by atoms with E-state index in [2.05, 4.69) is 20.5 Å². The van der Waals surface area contributed by atoms with E-state index in [1.54, 1.807) is 18.3 Å². The zero-order valence-corrected chi connectivity index (χ0v) is 14.8. The number of hydrogen-bond donors (Lipinski definition) is 2. The number of nitrogens with zero attached hydrogens (tertiary/aromatic N) is 4. The average molecular weight is 358 g/mol. The summed E-state index contributed by atoms with van der Waals surface area (Å²) in [4.78, 5) is 16.3. The Morgan fingerprint density at radius 2 is 1.96 bits per heavy atom. The van der Waals surface area contributed by atoms with E-state index in [0.29, 0.717) is 23.9 Å². The lowest BCUT2D eigenvalue weighted by atomic mass is 10.1. The van der Waals surface area contributed by atoms with Crippen molar-refractivity contribution in [2.24, 2.45) is 5.73 Å². The van der Waals surface area contributed by atoms with Crippen LogP contribution in [0.15, 0.2) is 60.8 Å². The van der Waals surface area contributed by atoms with Gasteiger partial charge in [0.25, 0.3) is 5.95 Å². The van der Waals surface area contributed by atoms with E-state index in [9.17, 15) is 4.79 Å². The van der Waals surface area contributed by atoms with E-state index in [-0.39, 0.29) is 0 Å². The predicted octanol–water partition coefficient (Wildman–Crippen LogP) is 2.83. The van der Waals surface area contributed by atoms with Gasteiger partial charge in [0, 0.05) is 23.2 Å². The van der Waals surface area contributed by atoms with Crippen molar-refractivity contribution in [1.82, 2.24) is 19.7 Å². The van der Waals surface area contributed by atoms with Crippen LogP contribution in [-0.2, 0) is 6.54 Å². The number of carbonyl (C=O) groups excluding carboxylic acids is 1. The molecular weight excluding hydrogens is 340 g/mol. The fraction of sp³-hybridized carbons (Fsp3) is 0.100. The molecule has 0 radical (unpaired) electrons. The maximum absolute atomic E-state index is 11.7. The second kappa shape index (κ2) is 6.87. The van der Waals surface area contributed by atoms with Gasteiger partial charge in [-0.1, -0.05) is 36.4 Å². The largest absolute Gasteiger partial charge is 0.366 e. The first-order chi connectivity index (χ1) is 13.1. The number of primary amides is 1. The molecule has 0 fully saturated rings. The zero-order chi connectivity index (χ0) is 18.8. The Morgan fingerprint density at radius 1 is 1.15 bits per heavy atom. The molecule has 2 aromatic heterocycles. The maximum Gasteiger partial charge on any atom is 0.256 e. The SMILES string of the molecule is Cc1cc2c(C(N)=O)cccc2n1-c1nncc(NCc2ccccc2)n1. The van der Waals surface area contributed by atoms with Crippen LogP contribution in [-0.4, -0.2) is 25.7 Å². The quantitative estimate of drug-likeness (QED) is 0.571. The summed E-state index contributed by atoms with van der Waals surface area (Å²) in [5, 5.41) is 12.3. The van der Waals surface area contributed by atoms with Gasteiger partial charge in [0.1, 0.15) is 0 Å². The van der Waals surface area contributed by atoms with Crippen molar-refractivity contribution in [2.75, 3.05) is 5.32 Å². The highest BCUT2D eigenvalue weighted by atomic mass is 16.1. The number of nitrogens with two attached hydrogens (primary N) is 1. The molecule has 0 aliphatic rings. The molecule has 0 aliphatic heterocycles. The molecule has 4 rings (SSSR count). The van der Waals surface area contributed by atoms with Gasteiger partial charge in [0.2, 0.25) is 5.91 Å². The molecule has 3 N–H and O–H groups in total. The van der Waals surface area contributed by atoms with Crippen LogP contribution < -0.4 is 11.1 Å². The summed E-state index contributed by atoms with van der Waals surface area (Å²) >= 11 is 0. The Bertz CT molecular complexity index is 1120. The number of fused-ring (bicyclic) bond motifs is 1. The number of benzene rings is 2. The third kappa shape index (κ3) is 3.22. The predicted molar refractivity (Wildman–Crippen MR) is 104 cm³/mol. The topological polar surface area (TPSA) is 98.7 Å². The van der Waals surface area contributed by atoms with Crippen molar-refractivity contribution < 1.29 is 4.79 Å². The molecule has 0 unspecified atom stereocenters. The van der Waals surface area contributed by atoms with Crippen LogP contribution in [0.4, 0.5) is 5.82 Å². The molecule has 27 heavy (non-hydrogen) atoms. The van der Waals surface area contributed by atoms with Gasteiger partial charge in [0.15, 0.2) is 5.82 Å². The first kappa shape index (κ1) is 16.7. The van der Waals surface area contributed by atoms with E-state index in [0.717, 1.165) is 22.2 Å². The van der Waals surface area contributed by atoms with E-state index < -0.39 is 5.91 Å². The van der Waals surface area contributed by atoms with Gasteiger partial charge in [-0.25, -0.2) is 0 Å². The van der Waals surface area contributed by atoms with E-state index in [1.165, 1.54) is 0 Å². The highest BCUT2D eigenvalue weighted by Gasteiger charge is 2.15. The Kier molecular flexibility index (Phi) is 4.25. The smallest absolute Gasteiger partial charge is 0.256 e. The van der Waals surface area contributed by atoms with Crippen LogP contribution in [0.25, 0.3) is 16.9 Å². The molecule has 0 saturated carbocycles. The summed E-state index contributed by atoms with van der Waals surface area (Å²) in [7, 11) is 0. The average Bonchev–Trinajstić information content (AvgIpc) is 3.03. The molecule has 134 valence electrons. The molecule has 0 atom stereocenters. The molecule has 1 amide bonds. The van der Waals surface area contributed by atoms with Crippen molar-refractivity contribution in [3.63, 3.8) is 0 Å². The lowest BCUT2D eigenvalue weighted by Gasteiger charge is -2.09. The van der Waals surface area contributed by atoms with Crippen LogP contribution in [0.3, 0.4) is 0 Å². The summed E-state index contributed by atoms with van der Waals surface area (Å²) in [6, 6.07) is 17.4. The minimum absolute atomic E-state index is 0.433. The number of anilines is 1. The first-order valence-electron chi connectivity index (χ1n) is 8.52. The molecule has 0 saturated heterocycles. The van der Waals surface area contributed by atoms with Crippen LogP contribution in [0.1, 0.15) is 21.6 Å². The summed E-state index contributed by atoms with van der Waals surface area (Å²) in [6.45, 7) is 2.56. The number of nitrogens with one attached hydrogen (secondary N) is 1. The summed E-state index contributed by atoms with van der Waals surface area (Å²) in [5.41, 5.74) is 8.81. The van der Waals surface area contributed by atoms with Gasteiger partial charge in [-0.2, -0.15) is 10.1 Å². The van der Waals surface area contributed by atoms with Crippen molar-refractivity contribution in [2.45, 2.75) is 13.5 Å². The monoisotopic (exact) mass is 358 g/mol. The standard InChI is InChI=1S/C20H18N6O/c1-13-10-16-15(19(21)27)8-5-9-17(16)26(13)20-24-18(12-23-25-20)22-11-14-6-3-2-4-7-14/h2-10,12H,11H2,1H3,(H2,21,27)(H,22,24,25). The molecule has 2 aromatic carbocycles. The van der Waals surface area contributed by atoms with Gasteiger partial charge in [-0.3, -0.25) is 9.36 Å². The van der Waals surface area contributed by atoms with Crippen molar-refractivity contribution in [3.05, 3.63) is 77.6 Å². The second-order valence-electron chi connectivity index (χ2n) is 6.20. The first-order valence-corrected chi connectivity index (χ1v) is 8.52. The van der Waals surface area contributed by atoms with Crippen LogP contribution in [0.2, 0.25) is 0 Å². The molecule has 7 nitrogen and oxygen atoms in total. The number of aromatic nitrogens is 4. The number of aryl methyl sites for hydroxylation is 1. The molecule has 7 heteroatoms. The Morgan fingerprint density at radius 3 is 2.74 bits per heavy atom. The van der Waals surface area contributed by atoms with E-state index in [1.807, 2.05) is 54.0 Å². The molecule has 2 heterocycles. The Labute approximate surface area is 155 Å². The van der Waals surface area contributed by atoms with Crippen molar-refractivity contribution in [1.29, 1.82) is 0 Å². The number of rotatable bonds is 5. The molecule has 0 aliphatic carbocycles. The minimum atomic E-state index is -0.463. The van der Waals surface area contributed by atoms with Gasteiger partial charge in [-0.15, -0.1) is 5.10 Å². The van der Waals surface area contributed by atoms with Gasteiger partial charge in [0.05, 0.1) is 11.7 Å². The van der Waals surface area contributed by atoms with Gasteiger partial charge >= 0.3 is 0 Å². The molecule has 0 spiro atoms. The van der Waals surface area contributed by atoms with Gasteiger partial charge < -0.3 is 11.1 Å². The minimum Gasteiger partial charge on any atom is -0.366 e. The number of amides is 1. The lowest BCUT2D eigenvalue weighted by molar-refractivity contribution is 0.100. The fourth-order valence-corrected chi connectivity index (χ4v) is 3.11. The highest BCUT2D eigenvalue weighted by Crippen LogP contribution is 2.25. The third-order valence-corrected chi connectivity index (χ3v) is 4.36. The number of hydrogen-bond acceptors (Lipinski definition) is 5. The van der Waals surface area contributed by atoms with Crippen molar-refractivity contribution in [3.8, 4) is 5.95 Å². The van der Waals surface area contributed by atoms with Crippen LogP contribution in [0, 0.1) is 6.92 Å². The Hall–Kier alpha value is -3.74. The zero-order valence-electron chi connectivity index (χ0n) is 14.8. The Balaban J connectivity index is 1.71. The summed E-state index contributed by atoms with van der Waals surface area (Å²) in [6.07, 6.45) is 1.59. The van der Waals surface area contributed by atoms with Crippen molar-refractivity contribution >= 4 is 22.6 Å². The van der Waals surface area contributed by atoms with E-state index >= 15 is 0 Å². The molecule has 0 bridgehead atoms. The highest BCUT2D eigenvalue weighted by molar-refractivity contribution is 6.06. The lowest BCUT2D eigenvalue weighted by Crippen LogP contribution is -2.11.